The maximum absolute atomic E-state index is 11.2. The Morgan fingerprint density at radius 2 is 2.31 bits per heavy atom. The zero-order chi connectivity index (χ0) is 9.84. The van der Waals surface area contributed by atoms with Gasteiger partial charge in [0.05, 0.1) is 5.75 Å². The molecule has 0 spiro atoms. The van der Waals surface area contributed by atoms with Crippen molar-refractivity contribution in [2.24, 2.45) is 7.05 Å². The van der Waals surface area contributed by atoms with Gasteiger partial charge in [0.2, 0.25) is 11.1 Å². The average Bonchev–Trinajstić information content (AvgIpc) is 2.47. The van der Waals surface area contributed by atoms with E-state index in [4.69, 9.17) is 0 Å². The predicted octanol–water partition coefficient (Wildman–Crippen LogP) is -0.610. The van der Waals surface area contributed by atoms with Crippen LogP contribution in [0.4, 0.5) is 0 Å². The van der Waals surface area contributed by atoms with Crippen LogP contribution in [0.25, 0.3) is 0 Å². The van der Waals surface area contributed by atoms with Crippen molar-refractivity contribution >= 4 is 17.7 Å². The van der Waals surface area contributed by atoms with Crippen molar-refractivity contribution < 1.29 is 4.79 Å². The summed E-state index contributed by atoms with van der Waals surface area (Å²) >= 11 is 1.33. The van der Waals surface area contributed by atoms with E-state index in [-0.39, 0.29) is 5.91 Å². The number of tetrazole rings is 1. The fourth-order valence-electron chi connectivity index (χ4n) is 0.599. The van der Waals surface area contributed by atoms with E-state index in [0.717, 1.165) is 0 Å². The van der Waals surface area contributed by atoms with E-state index in [2.05, 4.69) is 15.5 Å². The standard InChI is InChI=1S/C6H11N5OS/c1-10(2)5(12)4-13-6-7-8-9-11(6)3/h4H2,1-3H3. The number of aromatic nitrogens is 4. The van der Waals surface area contributed by atoms with Crippen LogP contribution in [-0.4, -0.2) is 50.9 Å². The highest BCUT2D eigenvalue weighted by atomic mass is 32.2. The fourth-order valence-corrected chi connectivity index (χ4v) is 1.43. The molecule has 0 saturated carbocycles. The summed E-state index contributed by atoms with van der Waals surface area (Å²) in [6.07, 6.45) is 0. The third-order valence-electron chi connectivity index (χ3n) is 1.40. The Bertz CT molecular complexity index is 297. The van der Waals surface area contributed by atoms with Crippen molar-refractivity contribution in [2.45, 2.75) is 5.16 Å². The van der Waals surface area contributed by atoms with Crippen molar-refractivity contribution in [3.05, 3.63) is 0 Å². The molecule has 0 atom stereocenters. The van der Waals surface area contributed by atoms with Gasteiger partial charge >= 0.3 is 0 Å². The number of thioether (sulfide) groups is 1. The van der Waals surface area contributed by atoms with Gasteiger partial charge in [-0.15, -0.1) is 5.10 Å². The number of aryl methyl sites for hydroxylation is 1. The maximum Gasteiger partial charge on any atom is 0.232 e. The first-order valence-corrected chi connectivity index (χ1v) is 4.65. The van der Waals surface area contributed by atoms with Gasteiger partial charge in [-0.25, -0.2) is 4.68 Å². The molecule has 0 aliphatic carbocycles. The van der Waals surface area contributed by atoms with Crippen molar-refractivity contribution in [3.8, 4) is 0 Å². The van der Waals surface area contributed by atoms with Crippen molar-refractivity contribution in [2.75, 3.05) is 19.8 Å². The number of carbonyl (C=O) groups excluding carboxylic acids is 1. The summed E-state index contributed by atoms with van der Waals surface area (Å²) < 4.78 is 1.54. The smallest absolute Gasteiger partial charge is 0.232 e. The molecular formula is C6H11N5OS. The first-order chi connectivity index (χ1) is 6.11. The molecule has 0 unspecified atom stereocenters. The molecule has 0 saturated heterocycles. The maximum atomic E-state index is 11.2. The van der Waals surface area contributed by atoms with Gasteiger partial charge in [0, 0.05) is 21.1 Å². The molecule has 13 heavy (non-hydrogen) atoms. The van der Waals surface area contributed by atoms with Gasteiger partial charge in [-0.1, -0.05) is 11.8 Å². The Morgan fingerprint density at radius 3 is 2.77 bits per heavy atom. The molecule has 0 aromatic carbocycles. The lowest BCUT2D eigenvalue weighted by Crippen LogP contribution is -2.23. The van der Waals surface area contributed by atoms with E-state index < -0.39 is 0 Å². The lowest BCUT2D eigenvalue weighted by molar-refractivity contribution is -0.125. The number of rotatable bonds is 3. The minimum Gasteiger partial charge on any atom is -0.348 e. The Balaban J connectivity index is 2.44. The van der Waals surface area contributed by atoms with E-state index in [9.17, 15) is 4.79 Å². The Labute approximate surface area is 80.3 Å². The average molecular weight is 201 g/mol. The Morgan fingerprint density at radius 1 is 1.62 bits per heavy atom. The highest BCUT2D eigenvalue weighted by Gasteiger charge is 2.08. The molecule has 7 heteroatoms. The third-order valence-corrected chi connectivity index (χ3v) is 2.40. The number of carbonyl (C=O) groups is 1. The highest BCUT2D eigenvalue weighted by Crippen LogP contribution is 2.11. The van der Waals surface area contributed by atoms with Gasteiger partial charge in [-0.05, 0) is 10.4 Å². The summed E-state index contributed by atoms with van der Waals surface area (Å²) in [5.41, 5.74) is 0. The summed E-state index contributed by atoms with van der Waals surface area (Å²) in [5.74, 6) is 0.411. The quantitative estimate of drug-likeness (QED) is 0.610. The van der Waals surface area contributed by atoms with Crippen LogP contribution in [-0.2, 0) is 11.8 Å². The van der Waals surface area contributed by atoms with Gasteiger partial charge in [-0.3, -0.25) is 4.79 Å². The van der Waals surface area contributed by atoms with Crippen LogP contribution in [0.5, 0.6) is 0 Å². The van der Waals surface area contributed by atoms with Crippen LogP contribution >= 0.6 is 11.8 Å². The SMILES string of the molecule is CN(C)C(=O)CSc1nnnn1C. The number of hydrogen-bond donors (Lipinski definition) is 0. The second-order valence-corrected chi connectivity index (χ2v) is 3.60. The second-order valence-electron chi connectivity index (χ2n) is 2.66. The molecule has 0 radical (unpaired) electrons. The van der Waals surface area contributed by atoms with E-state index >= 15 is 0 Å². The van der Waals surface area contributed by atoms with Crippen molar-refractivity contribution in [1.82, 2.24) is 25.1 Å². The summed E-state index contributed by atoms with van der Waals surface area (Å²) in [4.78, 5) is 12.7. The van der Waals surface area contributed by atoms with Gasteiger partial charge in [0.1, 0.15) is 0 Å². The fraction of sp³-hybridized carbons (Fsp3) is 0.667. The molecule has 1 aromatic heterocycles. The zero-order valence-electron chi connectivity index (χ0n) is 7.76. The van der Waals surface area contributed by atoms with Crippen LogP contribution in [0.1, 0.15) is 0 Å². The molecule has 1 amide bonds. The van der Waals surface area contributed by atoms with Gasteiger partial charge in [0.15, 0.2) is 0 Å². The molecule has 0 aliphatic heterocycles. The molecule has 0 fully saturated rings. The molecule has 6 nitrogen and oxygen atoms in total. The molecule has 0 N–H and O–H groups in total. The van der Waals surface area contributed by atoms with Gasteiger partial charge < -0.3 is 4.90 Å². The van der Waals surface area contributed by atoms with Crippen molar-refractivity contribution in [3.63, 3.8) is 0 Å². The van der Waals surface area contributed by atoms with Gasteiger partial charge in [0.25, 0.3) is 0 Å². The van der Waals surface area contributed by atoms with Crippen LogP contribution in [0.3, 0.4) is 0 Å². The molecule has 72 valence electrons. The first kappa shape index (κ1) is 9.97. The van der Waals surface area contributed by atoms with E-state index in [1.54, 1.807) is 21.1 Å². The van der Waals surface area contributed by atoms with Crippen LogP contribution < -0.4 is 0 Å². The third kappa shape index (κ3) is 2.69. The van der Waals surface area contributed by atoms with E-state index in [0.29, 0.717) is 10.9 Å². The molecule has 0 bridgehead atoms. The van der Waals surface area contributed by atoms with Gasteiger partial charge in [-0.2, -0.15) is 0 Å². The minimum absolute atomic E-state index is 0.0491. The summed E-state index contributed by atoms with van der Waals surface area (Å²) in [6, 6.07) is 0. The highest BCUT2D eigenvalue weighted by molar-refractivity contribution is 7.99. The minimum atomic E-state index is 0.0491. The molecule has 1 rings (SSSR count). The first-order valence-electron chi connectivity index (χ1n) is 3.66. The van der Waals surface area contributed by atoms with Crippen LogP contribution in [0, 0.1) is 0 Å². The van der Waals surface area contributed by atoms with Crippen molar-refractivity contribution in [1.29, 1.82) is 0 Å². The second kappa shape index (κ2) is 4.22. The van der Waals surface area contributed by atoms with E-state index in [1.165, 1.54) is 21.3 Å². The van der Waals surface area contributed by atoms with Crippen LogP contribution in [0.2, 0.25) is 0 Å². The Hall–Kier alpha value is -1.11. The summed E-state index contributed by atoms with van der Waals surface area (Å²) in [7, 11) is 5.18. The lowest BCUT2D eigenvalue weighted by Gasteiger charge is -2.08. The topological polar surface area (TPSA) is 63.9 Å². The lowest BCUT2D eigenvalue weighted by atomic mass is 10.6. The van der Waals surface area contributed by atoms with Crippen LogP contribution in [0.15, 0.2) is 5.16 Å². The number of amides is 1. The monoisotopic (exact) mass is 201 g/mol. The Kier molecular flexibility index (Phi) is 3.24. The largest absolute Gasteiger partial charge is 0.348 e. The zero-order valence-corrected chi connectivity index (χ0v) is 8.58. The summed E-state index contributed by atoms with van der Waals surface area (Å²) in [5, 5.41) is 11.5. The predicted molar refractivity (Wildman–Crippen MR) is 48.2 cm³/mol. The molecule has 1 heterocycles. The summed E-state index contributed by atoms with van der Waals surface area (Å²) in [6.45, 7) is 0. The number of hydrogen-bond acceptors (Lipinski definition) is 5. The number of nitrogens with zero attached hydrogens (tertiary/aromatic N) is 5. The molecule has 0 aliphatic rings. The molecular weight excluding hydrogens is 190 g/mol. The normalized spacial score (nSPS) is 10.1. The van der Waals surface area contributed by atoms with E-state index in [1.807, 2.05) is 0 Å². The molecule has 1 aromatic rings.